The second-order valence-electron chi connectivity index (χ2n) is 7.52. The summed E-state index contributed by atoms with van der Waals surface area (Å²) >= 11 is 1.54. The molecule has 1 fully saturated rings. The number of carbonyl (C=O) groups excluding carboxylic acids is 1. The topological polar surface area (TPSA) is 75.5 Å². The van der Waals surface area contributed by atoms with E-state index in [2.05, 4.69) is 5.32 Å². The Hall–Kier alpha value is -3.26. The van der Waals surface area contributed by atoms with Gasteiger partial charge in [0.2, 0.25) is 5.91 Å². The second-order valence-corrected chi connectivity index (χ2v) is 8.49. The number of nitrogens with one attached hydrogen (secondary N) is 1. The first-order valence-electron chi connectivity index (χ1n) is 10.1. The highest BCUT2D eigenvalue weighted by molar-refractivity contribution is 7.10. The predicted molar refractivity (Wildman–Crippen MR) is 119 cm³/mol. The van der Waals surface area contributed by atoms with Crippen LogP contribution in [0.3, 0.4) is 0 Å². The molecule has 160 valence electrons. The van der Waals surface area contributed by atoms with Crippen LogP contribution in [-0.4, -0.2) is 23.9 Å². The zero-order valence-electron chi connectivity index (χ0n) is 16.7. The number of para-hydroxylation sites is 2. The van der Waals surface area contributed by atoms with Gasteiger partial charge in [0, 0.05) is 30.0 Å². The zero-order chi connectivity index (χ0) is 21.8. The average molecular weight is 440 g/mol. The number of hydrogen-bond donors (Lipinski definition) is 1. The number of amides is 1. The van der Waals surface area contributed by atoms with Gasteiger partial charge in [-0.15, -0.1) is 11.3 Å². The molecular weight excluding hydrogens is 417 g/mol. The molecule has 1 amide bonds. The largest absolute Gasteiger partial charge is 0.366 e. The molecule has 1 aliphatic heterocycles. The Bertz CT molecular complexity index is 1050. The first kappa shape index (κ1) is 21.0. The second kappa shape index (κ2) is 9.26. The summed E-state index contributed by atoms with van der Waals surface area (Å²) in [7, 11) is 0. The van der Waals surface area contributed by atoms with Gasteiger partial charge in [0.25, 0.3) is 5.69 Å². The Morgan fingerprint density at radius 1 is 1.10 bits per heavy atom. The van der Waals surface area contributed by atoms with Gasteiger partial charge in [0.15, 0.2) is 0 Å². The monoisotopic (exact) mass is 439 g/mol. The summed E-state index contributed by atoms with van der Waals surface area (Å²) in [5.41, 5.74) is 1.50. The number of carbonyl (C=O) groups is 1. The summed E-state index contributed by atoms with van der Waals surface area (Å²) in [5.74, 6) is -0.547. The van der Waals surface area contributed by atoms with E-state index in [4.69, 9.17) is 0 Å². The molecule has 1 aliphatic rings. The molecule has 2 heterocycles. The molecule has 1 N–H and O–H groups in total. The maximum atomic E-state index is 13.4. The van der Waals surface area contributed by atoms with E-state index in [9.17, 15) is 19.3 Å². The van der Waals surface area contributed by atoms with Gasteiger partial charge in [-0.25, -0.2) is 4.39 Å². The number of nitro groups is 1. The van der Waals surface area contributed by atoms with Crippen LogP contribution >= 0.6 is 11.3 Å². The van der Waals surface area contributed by atoms with E-state index in [0.29, 0.717) is 31.6 Å². The minimum atomic E-state index is -0.373. The molecule has 31 heavy (non-hydrogen) atoms. The number of hydrogen-bond acceptors (Lipinski definition) is 5. The fourth-order valence-corrected chi connectivity index (χ4v) is 4.76. The van der Waals surface area contributed by atoms with Crippen molar-refractivity contribution in [3.63, 3.8) is 0 Å². The van der Waals surface area contributed by atoms with Crippen molar-refractivity contribution in [3.05, 3.63) is 92.4 Å². The molecule has 0 bridgehead atoms. The van der Waals surface area contributed by atoms with Gasteiger partial charge in [-0.1, -0.05) is 30.3 Å². The highest BCUT2D eigenvalue weighted by Gasteiger charge is 2.30. The van der Waals surface area contributed by atoms with Gasteiger partial charge in [-0.2, -0.15) is 0 Å². The predicted octanol–water partition coefficient (Wildman–Crippen LogP) is 4.92. The van der Waals surface area contributed by atoms with E-state index in [0.717, 1.165) is 10.4 Å². The standard InChI is InChI=1S/C23H22FN3O3S/c24-18-9-7-16(8-10-18)22(21-6-3-15-31-21)25-23(28)17-11-13-26(14-12-17)19-4-1-2-5-20(19)27(29)30/h1-10,15,17,22H,11-14H2,(H,25,28). The molecule has 0 radical (unpaired) electrons. The minimum absolute atomic E-state index is 0.0510. The van der Waals surface area contributed by atoms with E-state index in [1.807, 2.05) is 22.4 Å². The highest BCUT2D eigenvalue weighted by Crippen LogP contribution is 2.32. The fourth-order valence-electron chi connectivity index (χ4n) is 3.96. The third-order valence-corrected chi connectivity index (χ3v) is 6.54. The average Bonchev–Trinajstić information content (AvgIpc) is 3.33. The molecule has 1 saturated heterocycles. The molecule has 0 spiro atoms. The van der Waals surface area contributed by atoms with Crippen molar-refractivity contribution in [2.75, 3.05) is 18.0 Å². The summed E-state index contributed by atoms with van der Waals surface area (Å²) in [5, 5.41) is 16.4. The Morgan fingerprint density at radius 2 is 1.81 bits per heavy atom. The maximum Gasteiger partial charge on any atom is 0.292 e. The van der Waals surface area contributed by atoms with Crippen molar-refractivity contribution in [1.82, 2.24) is 5.32 Å². The third-order valence-electron chi connectivity index (χ3n) is 5.60. The van der Waals surface area contributed by atoms with E-state index in [-0.39, 0.29) is 34.3 Å². The van der Waals surface area contributed by atoms with Crippen molar-refractivity contribution in [2.24, 2.45) is 5.92 Å². The Morgan fingerprint density at radius 3 is 2.45 bits per heavy atom. The van der Waals surface area contributed by atoms with Crippen LogP contribution < -0.4 is 10.2 Å². The van der Waals surface area contributed by atoms with Gasteiger partial charge < -0.3 is 10.2 Å². The van der Waals surface area contributed by atoms with Crippen LogP contribution in [0.2, 0.25) is 0 Å². The molecule has 1 unspecified atom stereocenters. The molecule has 8 heteroatoms. The van der Waals surface area contributed by atoms with Crippen LogP contribution in [0.15, 0.2) is 66.0 Å². The number of benzene rings is 2. The van der Waals surface area contributed by atoms with Crippen molar-refractivity contribution >= 4 is 28.6 Å². The molecular formula is C23H22FN3O3S. The van der Waals surface area contributed by atoms with Crippen molar-refractivity contribution in [1.29, 1.82) is 0 Å². The van der Waals surface area contributed by atoms with Gasteiger partial charge in [0.05, 0.1) is 11.0 Å². The van der Waals surface area contributed by atoms with E-state index in [1.54, 1.807) is 41.7 Å². The molecule has 0 saturated carbocycles. The summed E-state index contributed by atoms with van der Waals surface area (Å²) in [6.45, 7) is 1.15. The summed E-state index contributed by atoms with van der Waals surface area (Å²) in [4.78, 5) is 27.0. The SMILES string of the molecule is O=C(NC(c1ccc(F)cc1)c1cccs1)C1CCN(c2ccccc2[N+](=O)[O-])CC1. The number of halogens is 1. The molecule has 6 nitrogen and oxygen atoms in total. The smallest absolute Gasteiger partial charge is 0.292 e. The van der Waals surface area contributed by atoms with Crippen molar-refractivity contribution in [2.45, 2.75) is 18.9 Å². The lowest BCUT2D eigenvalue weighted by Crippen LogP contribution is -2.41. The normalized spacial score (nSPS) is 15.5. The fraction of sp³-hybridized carbons (Fsp3) is 0.261. The van der Waals surface area contributed by atoms with E-state index >= 15 is 0 Å². The molecule has 1 atom stereocenters. The lowest BCUT2D eigenvalue weighted by Gasteiger charge is -2.33. The number of rotatable bonds is 6. The van der Waals surface area contributed by atoms with Crippen LogP contribution in [0.1, 0.15) is 29.3 Å². The van der Waals surface area contributed by atoms with Gasteiger partial charge in [-0.3, -0.25) is 14.9 Å². The van der Waals surface area contributed by atoms with E-state index in [1.165, 1.54) is 18.2 Å². The van der Waals surface area contributed by atoms with Gasteiger partial charge in [0.1, 0.15) is 11.5 Å². The van der Waals surface area contributed by atoms with Crippen LogP contribution in [0.4, 0.5) is 15.8 Å². The third kappa shape index (κ3) is 4.74. The lowest BCUT2D eigenvalue weighted by atomic mass is 9.94. The molecule has 1 aromatic heterocycles. The summed E-state index contributed by atoms with van der Waals surface area (Å²) in [6.07, 6.45) is 1.22. The first-order valence-corrected chi connectivity index (χ1v) is 11.0. The van der Waals surface area contributed by atoms with Crippen molar-refractivity contribution in [3.8, 4) is 0 Å². The Balaban J connectivity index is 1.44. The number of thiophene rings is 1. The summed E-state index contributed by atoms with van der Waals surface area (Å²) in [6, 6.07) is 16.4. The quantitative estimate of drug-likeness (QED) is 0.437. The van der Waals surface area contributed by atoms with Crippen LogP contribution in [0, 0.1) is 21.8 Å². The molecule has 4 rings (SSSR count). The zero-order valence-corrected chi connectivity index (χ0v) is 17.6. The van der Waals surface area contributed by atoms with Crippen molar-refractivity contribution < 1.29 is 14.1 Å². The highest BCUT2D eigenvalue weighted by atomic mass is 32.1. The van der Waals surface area contributed by atoms with Gasteiger partial charge >= 0.3 is 0 Å². The molecule has 3 aromatic rings. The Labute approximate surface area is 183 Å². The first-order chi connectivity index (χ1) is 15.0. The molecule has 0 aliphatic carbocycles. The number of nitro benzene ring substituents is 1. The lowest BCUT2D eigenvalue weighted by molar-refractivity contribution is -0.384. The number of anilines is 1. The van der Waals surface area contributed by atoms with Gasteiger partial charge in [-0.05, 0) is 48.1 Å². The van der Waals surface area contributed by atoms with Crippen LogP contribution in [0.5, 0.6) is 0 Å². The number of piperidine rings is 1. The minimum Gasteiger partial charge on any atom is -0.366 e. The molecule has 2 aromatic carbocycles. The maximum absolute atomic E-state index is 13.4. The summed E-state index contributed by atoms with van der Waals surface area (Å²) < 4.78 is 13.4. The van der Waals surface area contributed by atoms with Crippen LogP contribution in [0.25, 0.3) is 0 Å². The number of nitrogens with zero attached hydrogens (tertiary/aromatic N) is 2. The Kier molecular flexibility index (Phi) is 6.27. The van der Waals surface area contributed by atoms with Crippen LogP contribution in [-0.2, 0) is 4.79 Å². The van der Waals surface area contributed by atoms with E-state index < -0.39 is 0 Å².